The molecule has 14 heavy (non-hydrogen) atoms. The van der Waals surface area contributed by atoms with Crippen LogP contribution >= 0.6 is 0 Å². The summed E-state index contributed by atoms with van der Waals surface area (Å²) in [4.78, 5) is 0. The zero-order chi connectivity index (χ0) is 10.7. The molecule has 0 aromatic carbocycles. The van der Waals surface area contributed by atoms with Crippen molar-refractivity contribution >= 4 is 0 Å². The summed E-state index contributed by atoms with van der Waals surface area (Å²) in [5.74, 6) is 0.629. The van der Waals surface area contributed by atoms with E-state index in [1.165, 1.54) is 17.6 Å². The van der Waals surface area contributed by atoms with E-state index in [1.807, 2.05) is 0 Å². The van der Waals surface area contributed by atoms with Gasteiger partial charge in [0.2, 0.25) is 0 Å². The van der Waals surface area contributed by atoms with Gasteiger partial charge in [0.15, 0.2) is 0 Å². The van der Waals surface area contributed by atoms with Crippen molar-refractivity contribution in [1.82, 2.24) is 0 Å². The van der Waals surface area contributed by atoms with Gasteiger partial charge in [0.05, 0.1) is 12.2 Å². The summed E-state index contributed by atoms with van der Waals surface area (Å²) in [5.41, 5.74) is 2.55. The maximum atomic E-state index is 5.84. The third kappa shape index (κ3) is 2.98. The number of allylic oxidation sites excluding steroid dienone is 1. The van der Waals surface area contributed by atoms with Crippen LogP contribution in [-0.4, -0.2) is 12.2 Å². The standard InChI is InChI=1S/C13H22O/c1-9(2)12-7-6-11(5)13(8-12)14-10(3)4/h10,12-13H,1,5-8H2,2-4H3/t12-,13+/m1/s1. The number of hydrogen-bond acceptors (Lipinski definition) is 1. The Hall–Kier alpha value is -0.560. The second kappa shape index (κ2) is 4.79. The Morgan fingerprint density at radius 1 is 1.50 bits per heavy atom. The maximum Gasteiger partial charge on any atom is 0.0791 e. The third-order valence-corrected chi connectivity index (χ3v) is 2.90. The fourth-order valence-corrected chi connectivity index (χ4v) is 1.99. The third-order valence-electron chi connectivity index (χ3n) is 2.90. The zero-order valence-corrected chi connectivity index (χ0v) is 9.68. The van der Waals surface area contributed by atoms with Crippen LogP contribution < -0.4 is 0 Å². The summed E-state index contributed by atoms with van der Waals surface area (Å²) in [5, 5.41) is 0. The fourth-order valence-electron chi connectivity index (χ4n) is 1.99. The van der Waals surface area contributed by atoms with Crippen molar-refractivity contribution in [2.24, 2.45) is 5.92 Å². The first kappa shape index (κ1) is 11.5. The van der Waals surface area contributed by atoms with Gasteiger partial charge >= 0.3 is 0 Å². The molecule has 1 nitrogen and oxygen atoms in total. The van der Waals surface area contributed by atoms with Crippen LogP contribution in [0.2, 0.25) is 0 Å². The molecule has 0 unspecified atom stereocenters. The first-order chi connectivity index (χ1) is 6.50. The smallest absolute Gasteiger partial charge is 0.0791 e. The lowest BCUT2D eigenvalue weighted by atomic mass is 9.81. The van der Waals surface area contributed by atoms with Crippen molar-refractivity contribution in [1.29, 1.82) is 0 Å². The van der Waals surface area contributed by atoms with E-state index in [-0.39, 0.29) is 6.10 Å². The van der Waals surface area contributed by atoms with Crippen LogP contribution in [0.5, 0.6) is 0 Å². The molecule has 1 saturated carbocycles. The normalized spacial score (nSPS) is 28.1. The molecule has 1 rings (SSSR count). The van der Waals surface area contributed by atoms with Crippen molar-refractivity contribution < 1.29 is 4.74 Å². The summed E-state index contributed by atoms with van der Waals surface area (Å²) < 4.78 is 5.84. The molecule has 0 aromatic rings. The highest BCUT2D eigenvalue weighted by molar-refractivity contribution is 5.12. The highest BCUT2D eigenvalue weighted by atomic mass is 16.5. The quantitative estimate of drug-likeness (QED) is 0.622. The van der Waals surface area contributed by atoms with Crippen LogP contribution in [0.1, 0.15) is 40.0 Å². The van der Waals surface area contributed by atoms with E-state index in [4.69, 9.17) is 4.74 Å². The van der Waals surface area contributed by atoms with Crippen molar-refractivity contribution in [2.45, 2.75) is 52.2 Å². The van der Waals surface area contributed by atoms with Gasteiger partial charge in [-0.1, -0.05) is 18.7 Å². The highest BCUT2D eigenvalue weighted by Gasteiger charge is 2.26. The lowest BCUT2D eigenvalue weighted by Gasteiger charge is -2.32. The second-order valence-electron chi connectivity index (χ2n) is 4.65. The SMILES string of the molecule is C=C(C)[C@@H]1CCC(=C)[C@@H](OC(C)C)C1. The minimum atomic E-state index is 0.255. The van der Waals surface area contributed by atoms with Crippen molar-refractivity contribution in [3.05, 3.63) is 24.3 Å². The van der Waals surface area contributed by atoms with E-state index in [2.05, 4.69) is 33.9 Å². The van der Waals surface area contributed by atoms with E-state index in [1.54, 1.807) is 0 Å². The van der Waals surface area contributed by atoms with E-state index >= 15 is 0 Å². The molecule has 0 spiro atoms. The molecule has 0 bridgehead atoms. The molecular formula is C13H22O. The van der Waals surface area contributed by atoms with Gasteiger partial charge in [0.25, 0.3) is 0 Å². The first-order valence-corrected chi connectivity index (χ1v) is 5.49. The molecule has 0 amide bonds. The molecule has 0 N–H and O–H groups in total. The van der Waals surface area contributed by atoms with Crippen molar-refractivity contribution in [2.75, 3.05) is 0 Å². The molecule has 0 aromatic heterocycles. The molecule has 80 valence electrons. The van der Waals surface area contributed by atoms with Gasteiger partial charge in [-0.3, -0.25) is 0 Å². The maximum absolute atomic E-state index is 5.84. The average Bonchev–Trinajstić information content (AvgIpc) is 2.07. The molecule has 0 heterocycles. The summed E-state index contributed by atoms with van der Waals surface area (Å²) in [6, 6.07) is 0. The summed E-state index contributed by atoms with van der Waals surface area (Å²) in [6.07, 6.45) is 3.92. The summed E-state index contributed by atoms with van der Waals surface area (Å²) >= 11 is 0. The first-order valence-electron chi connectivity index (χ1n) is 5.49. The second-order valence-corrected chi connectivity index (χ2v) is 4.65. The van der Waals surface area contributed by atoms with E-state index < -0.39 is 0 Å². The molecule has 1 aliphatic rings. The predicted molar refractivity (Wildman–Crippen MR) is 61.3 cm³/mol. The summed E-state index contributed by atoms with van der Waals surface area (Å²) in [7, 11) is 0. The largest absolute Gasteiger partial charge is 0.371 e. The molecule has 0 radical (unpaired) electrons. The Morgan fingerprint density at radius 3 is 2.64 bits per heavy atom. The Bertz CT molecular complexity index is 227. The van der Waals surface area contributed by atoms with Crippen LogP contribution in [0.3, 0.4) is 0 Å². The van der Waals surface area contributed by atoms with Crippen LogP contribution in [0.15, 0.2) is 24.3 Å². The lowest BCUT2D eigenvalue weighted by molar-refractivity contribution is 0.00846. The van der Waals surface area contributed by atoms with E-state index in [0.29, 0.717) is 12.0 Å². The topological polar surface area (TPSA) is 9.23 Å². The minimum Gasteiger partial charge on any atom is -0.371 e. The van der Waals surface area contributed by atoms with Gasteiger partial charge < -0.3 is 4.74 Å². The Labute approximate surface area is 87.8 Å². The predicted octanol–water partition coefficient (Wildman–Crippen LogP) is 3.71. The average molecular weight is 194 g/mol. The number of rotatable bonds is 3. The molecule has 1 heteroatoms. The van der Waals surface area contributed by atoms with Gasteiger partial charge in [-0.15, -0.1) is 0 Å². The monoisotopic (exact) mass is 194 g/mol. The minimum absolute atomic E-state index is 0.255. The lowest BCUT2D eigenvalue weighted by Crippen LogP contribution is -2.27. The van der Waals surface area contributed by atoms with Crippen molar-refractivity contribution in [3.8, 4) is 0 Å². The van der Waals surface area contributed by atoms with Gasteiger partial charge in [-0.25, -0.2) is 0 Å². The number of ether oxygens (including phenoxy) is 1. The zero-order valence-electron chi connectivity index (χ0n) is 9.68. The van der Waals surface area contributed by atoms with Gasteiger partial charge in [0, 0.05) is 0 Å². The molecule has 2 atom stereocenters. The van der Waals surface area contributed by atoms with Gasteiger partial charge in [-0.05, 0) is 51.5 Å². The van der Waals surface area contributed by atoms with Crippen molar-refractivity contribution in [3.63, 3.8) is 0 Å². The Morgan fingerprint density at radius 2 is 2.14 bits per heavy atom. The molecule has 1 aliphatic carbocycles. The molecule has 1 fully saturated rings. The van der Waals surface area contributed by atoms with Crippen LogP contribution in [0.4, 0.5) is 0 Å². The number of hydrogen-bond donors (Lipinski definition) is 0. The highest BCUT2D eigenvalue weighted by Crippen LogP contribution is 2.33. The fraction of sp³-hybridized carbons (Fsp3) is 0.692. The van der Waals surface area contributed by atoms with E-state index in [9.17, 15) is 0 Å². The summed E-state index contributed by atoms with van der Waals surface area (Å²) in [6.45, 7) is 14.4. The van der Waals surface area contributed by atoms with Gasteiger partial charge in [-0.2, -0.15) is 0 Å². The van der Waals surface area contributed by atoms with Crippen LogP contribution in [0, 0.1) is 5.92 Å². The van der Waals surface area contributed by atoms with Gasteiger partial charge in [0.1, 0.15) is 0 Å². The van der Waals surface area contributed by atoms with E-state index in [0.717, 1.165) is 12.8 Å². The Kier molecular flexibility index (Phi) is 3.94. The molecule has 0 aliphatic heterocycles. The van der Waals surface area contributed by atoms with Crippen LogP contribution in [0.25, 0.3) is 0 Å². The molecule has 0 saturated heterocycles. The van der Waals surface area contributed by atoms with Crippen LogP contribution in [-0.2, 0) is 4.74 Å². The molecular weight excluding hydrogens is 172 g/mol. The Balaban J connectivity index is 2.55.